The van der Waals surface area contributed by atoms with E-state index in [-0.39, 0.29) is 10.6 Å². The number of rotatable bonds is 10. The molecule has 2 aromatic rings. The molecule has 0 atom stereocenters. The lowest BCUT2D eigenvalue weighted by Gasteiger charge is -2.13. The van der Waals surface area contributed by atoms with E-state index in [1.165, 1.54) is 38.4 Å². The van der Waals surface area contributed by atoms with E-state index in [1.54, 1.807) is 6.20 Å². The van der Waals surface area contributed by atoms with Crippen molar-refractivity contribution >= 4 is 25.9 Å². The van der Waals surface area contributed by atoms with Crippen LogP contribution >= 0.6 is 0 Å². The van der Waals surface area contributed by atoms with Crippen molar-refractivity contribution < 1.29 is 16.8 Å². The maximum atomic E-state index is 12.3. The van der Waals surface area contributed by atoms with Crippen LogP contribution in [0.25, 0.3) is 0 Å². The van der Waals surface area contributed by atoms with Crippen molar-refractivity contribution in [3.63, 3.8) is 0 Å². The van der Waals surface area contributed by atoms with Crippen molar-refractivity contribution in [3.05, 3.63) is 42.5 Å². The number of aromatic nitrogens is 2. The highest BCUT2D eigenvalue weighted by molar-refractivity contribution is 7.90. The quantitative estimate of drug-likeness (QED) is 0.563. The fourth-order valence-electron chi connectivity index (χ4n) is 2.34. The molecule has 11 heteroatoms. The van der Waals surface area contributed by atoms with E-state index in [9.17, 15) is 16.8 Å². The summed E-state index contributed by atoms with van der Waals surface area (Å²) in [4.78, 5) is 4.30. The SMILES string of the molecule is CCc1nccn1CCCNS(=O)(=O)c1ccc(NS(=O)(=O)N(C)C)cc1. The Morgan fingerprint density at radius 2 is 1.78 bits per heavy atom. The lowest BCUT2D eigenvalue weighted by molar-refractivity contribution is 0.527. The molecule has 1 aromatic carbocycles. The van der Waals surface area contributed by atoms with Crippen molar-refractivity contribution in [1.29, 1.82) is 0 Å². The van der Waals surface area contributed by atoms with Crippen LogP contribution in [0.2, 0.25) is 0 Å². The fourth-order valence-corrected chi connectivity index (χ4v) is 4.03. The van der Waals surface area contributed by atoms with E-state index in [1.807, 2.05) is 17.7 Å². The minimum absolute atomic E-state index is 0.0761. The zero-order valence-electron chi connectivity index (χ0n) is 15.6. The van der Waals surface area contributed by atoms with E-state index in [2.05, 4.69) is 14.4 Å². The van der Waals surface area contributed by atoms with Gasteiger partial charge < -0.3 is 4.57 Å². The lowest BCUT2D eigenvalue weighted by atomic mass is 10.3. The number of aryl methyl sites for hydroxylation is 2. The second-order valence-electron chi connectivity index (χ2n) is 6.06. The van der Waals surface area contributed by atoms with E-state index in [0.29, 0.717) is 19.5 Å². The van der Waals surface area contributed by atoms with Gasteiger partial charge in [0.05, 0.1) is 4.90 Å². The molecule has 1 aromatic heterocycles. The molecular weight excluding hydrogens is 390 g/mol. The maximum Gasteiger partial charge on any atom is 0.301 e. The van der Waals surface area contributed by atoms with Gasteiger partial charge >= 0.3 is 10.2 Å². The third kappa shape index (κ3) is 5.76. The molecular formula is C16H25N5O4S2. The molecule has 0 saturated carbocycles. The molecule has 1 heterocycles. The summed E-state index contributed by atoms with van der Waals surface area (Å²) in [6.07, 6.45) is 5.06. The molecule has 2 rings (SSSR count). The number of imidazole rings is 1. The first kappa shape index (κ1) is 21.4. The Morgan fingerprint density at radius 1 is 1.11 bits per heavy atom. The molecule has 0 aliphatic heterocycles. The zero-order valence-corrected chi connectivity index (χ0v) is 17.2. The number of hydrogen-bond donors (Lipinski definition) is 2. The van der Waals surface area contributed by atoms with Crippen molar-refractivity contribution in [2.75, 3.05) is 25.4 Å². The predicted octanol–water partition coefficient (Wildman–Crippen LogP) is 1.03. The number of nitrogens with one attached hydrogen (secondary N) is 2. The van der Waals surface area contributed by atoms with Gasteiger partial charge in [-0.2, -0.15) is 12.7 Å². The standard InChI is InChI=1S/C16H25N5O4S2/c1-4-16-17-11-13-21(16)12-5-10-18-26(22,23)15-8-6-14(7-9-15)19-27(24,25)20(2)3/h6-9,11,13,18-19H,4-5,10,12H2,1-3H3. The fraction of sp³-hybridized carbons (Fsp3) is 0.438. The van der Waals surface area contributed by atoms with Crippen LogP contribution in [0.3, 0.4) is 0 Å². The summed E-state index contributed by atoms with van der Waals surface area (Å²) >= 11 is 0. The summed E-state index contributed by atoms with van der Waals surface area (Å²) in [6.45, 7) is 2.99. The Bertz CT molecular complexity index is 951. The van der Waals surface area contributed by atoms with E-state index < -0.39 is 20.2 Å². The number of benzene rings is 1. The van der Waals surface area contributed by atoms with Gasteiger partial charge in [0.1, 0.15) is 5.82 Å². The van der Waals surface area contributed by atoms with E-state index >= 15 is 0 Å². The maximum absolute atomic E-state index is 12.3. The number of anilines is 1. The first-order valence-electron chi connectivity index (χ1n) is 8.45. The second-order valence-corrected chi connectivity index (χ2v) is 9.71. The highest BCUT2D eigenvalue weighted by atomic mass is 32.2. The Morgan fingerprint density at radius 3 is 2.37 bits per heavy atom. The predicted molar refractivity (Wildman–Crippen MR) is 104 cm³/mol. The first-order valence-corrected chi connectivity index (χ1v) is 11.4. The Labute approximate surface area is 160 Å². The first-order chi connectivity index (χ1) is 12.7. The molecule has 27 heavy (non-hydrogen) atoms. The summed E-state index contributed by atoms with van der Waals surface area (Å²) in [5, 5.41) is 0. The van der Waals surface area contributed by atoms with Crippen LogP contribution in [0.4, 0.5) is 5.69 Å². The third-order valence-electron chi connectivity index (χ3n) is 3.88. The number of hydrogen-bond acceptors (Lipinski definition) is 5. The average molecular weight is 416 g/mol. The molecule has 0 fully saturated rings. The van der Waals surface area contributed by atoms with Gasteiger partial charge in [0.25, 0.3) is 0 Å². The Balaban J connectivity index is 1.92. The highest BCUT2D eigenvalue weighted by Gasteiger charge is 2.16. The van der Waals surface area contributed by atoms with Crippen molar-refractivity contribution in [2.24, 2.45) is 0 Å². The van der Waals surface area contributed by atoms with Gasteiger partial charge in [0.2, 0.25) is 10.0 Å². The molecule has 0 spiro atoms. The average Bonchev–Trinajstić information content (AvgIpc) is 3.06. The van der Waals surface area contributed by atoms with Crippen molar-refractivity contribution in [3.8, 4) is 0 Å². The zero-order chi connectivity index (χ0) is 20.1. The second kappa shape index (κ2) is 8.83. The van der Waals surface area contributed by atoms with Gasteiger partial charge in [-0.1, -0.05) is 6.92 Å². The molecule has 9 nitrogen and oxygen atoms in total. The minimum atomic E-state index is -3.66. The van der Waals surface area contributed by atoms with Crippen LogP contribution in [0.15, 0.2) is 41.6 Å². The van der Waals surface area contributed by atoms with Crippen molar-refractivity contribution in [1.82, 2.24) is 18.6 Å². The van der Waals surface area contributed by atoms with Gasteiger partial charge in [-0.05, 0) is 30.7 Å². The monoisotopic (exact) mass is 415 g/mol. The minimum Gasteiger partial charge on any atom is -0.335 e. The van der Waals surface area contributed by atoms with Crippen LogP contribution in [-0.4, -0.2) is 51.3 Å². The molecule has 0 bridgehead atoms. The van der Waals surface area contributed by atoms with E-state index in [0.717, 1.165) is 16.6 Å². The van der Waals surface area contributed by atoms with Gasteiger partial charge in [0, 0.05) is 51.7 Å². The van der Waals surface area contributed by atoms with Gasteiger partial charge in [-0.25, -0.2) is 18.1 Å². The number of sulfonamides is 1. The molecule has 0 aliphatic rings. The van der Waals surface area contributed by atoms with E-state index in [4.69, 9.17) is 0 Å². The smallest absolute Gasteiger partial charge is 0.301 e. The molecule has 0 unspecified atom stereocenters. The Hall–Kier alpha value is -1.95. The molecule has 0 radical (unpaired) electrons. The molecule has 0 amide bonds. The van der Waals surface area contributed by atoms with Crippen LogP contribution in [0, 0.1) is 0 Å². The van der Waals surface area contributed by atoms with Crippen LogP contribution in [-0.2, 0) is 33.2 Å². The lowest BCUT2D eigenvalue weighted by Crippen LogP contribution is -2.29. The topological polar surface area (TPSA) is 113 Å². The van der Waals surface area contributed by atoms with Crippen LogP contribution < -0.4 is 9.44 Å². The molecule has 0 saturated heterocycles. The summed E-state index contributed by atoms with van der Waals surface area (Å²) in [6, 6.07) is 5.55. The molecule has 0 aliphatic carbocycles. The van der Waals surface area contributed by atoms with Gasteiger partial charge in [-0.3, -0.25) is 4.72 Å². The van der Waals surface area contributed by atoms with Crippen molar-refractivity contribution in [2.45, 2.75) is 31.2 Å². The third-order valence-corrected chi connectivity index (χ3v) is 6.81. The summed E-state index contributed by atoms with van der Waals surface area (Å²) in [5.41, 5.74) is 0.287. The highest BCUT2D eigenvalue weighted by Crippen LogP contribution is 2.15. The number of nitrogens with zero attached hydrogens (tertiary/aromatic N) is 3. The normalized spacial score (nSPS) is 12.4. The molecule has 2 N–H and O–H groups in total. The molecule has 150 valence electrons. The summed E-state index contributed by atoms with van der Waals surface area (Å²) < 4.78 is 56.2. The largest absolute Gasteiger partial charge is 0.335 e. The summed E-state index contributed by atoms with van der Waals surface area (Å²) in [7, 11) is -4.49. The van der Waals surface area contributed by atoms with Crippen LogP contribution in [0.1, 0.15) is 19.2 Å². The summed E-state index contributed by atoms with van der Waals surface area (Å²) in [5.74, 6) is 0.966. The van der Waals surface area contributed by atoms with Crippen LogP contribution in [0.5, 0.6) is 0 Å². The Kier molecular flexibility index (Phi) is 6.98. The van der Waals surface area contributed by atoms with Gasteiger partial charge in [0.15, 0.2) is 0 Å². The van der Waals surface area contributed by atoms with Gasteiger partial charge in [-0.15, -0.1) is 0 Å².